The SMILES string of the molecule is COCC(=O)N1C[C@H](C(=O)NCc2cccnc2)[C@@H](c2cccc(C(F)(F)F)c2)C1. The van der Waals surface area contributed by atoms with Crippen LogP contribution in [-0.4, -0.2) is 48.5 Å². The number of amides is 2. The van der Waals surface area contributed by atoms with Gasteiger partial charge in [0.15, 0.2) is 0 Å². The average Bonchev–Trinajstić information content (AvgIpc) is 3.18. The highest BCUT2D eigenvalue weighted by Gasteiger charge is 2.41. The highest BCUT2D eigenvalue weighted by Crippen LogP contribution is 2.36. The largest absolute Gasteiger partial charge is 0.416 e. The maximum Gasteiger partial charge on any atom is 0.416 e. The van der Waals surface area contributed by atoms with Gasteiger partial charge < -0.3 is 15.0 Å². The lowest BCUT2D eigenvalue weighted by Gasteiger charge is -2.19. The van der Waals surface area contributed by atoms with E-state index in [1.165, 1.54) is 18.1 Å². The molecule has 2 aromatic rings. The molecule has 9 heteroatoms. The van der Waals surface area contributed by atoms with Gasteiger partial charge in [-0.25, -0.2) is 0 Å². The zero-order valence-corrected chi connectivity index (χ0v) is 16.4. The fourth-order valence-corrected chi connectivity index (χ4v) is 3.59. The minimum absolute atomic E-state index is 0.113. The molecular weight excluding hydrogens is 399 g/mol. The number of halogens is 3. The molecule has 0 unspecified atom stereocenters. The summed E-state index contributed by atoms with van der Waals surface area (Å²) in [6.07, 6.45) is -1.25. The van der Waals surface area contributed by atoms with Crippen molar-refractivity contribution < 1.29 is 27.5 Å². The molecule has 2 atom stereocenters. The molecule has 1 aromatic carbocycles. The number of aromatic nitrogens is 1. The number of hydrogen-bond acceptors (Lipinski definition) is 4. The maximum absolute atomic E-state index is 13.2. The molecule has 3 rings (SSSR count). The standard InChI is InChI=1S/C21H22F3N3O3/c1-30-13-19(28)27-11-17(15-5-2-6-16(8-15)21(22,23)24)18(12-27)20(29)26-10-14-4-3-7-25-9-14/h2-9,17-18H,10-13H2,1H3,(H,26,29)/t17-,18+/m1/s1. The van der Waals surface area contributed by atoms with E-state index in [0.717, 1.165) is 17.7 Å². The molecule has 0 bridgehead atoms. The number of hydrogen-bond donors (Lipinski definition) is 1. The normalized spacial score (nSPS) is 19.0. The maximum atomic E-state index is 13.2. The van der Waals surface area contributed by atoms with Gasteiger partial charge >= 0.3 is 6.18 Å². The van der Waals surface area contributed by atoms with Crippen molar-refractivity contribution in [2.24, 2.45) is 5.92 Å². The first kappa shape index (κ1) is 21.8. The van der Waals surface area contributed by atoms with E-state index in [1.54, 1.807) is 30.6 Å². The van der Waals surface area contributed by atoms with Crippen molar-refractivity contribution in [1.82, 2.24) is 15.2 Å². The third kappa shape index (κ3) is 5.15. The summed E-state index contributed by atoms with van der Waals surface area (Å²) in [6, 6.07) is 8.47. The third-order valence-corrected chi connectivity index (χ3v) is 5.11. The van der Waals surface area contributed by atoms with Crippen molar-refractivity contribution in [2.45, 2.75) is 18.6 Å². The fraction of sp³-hybridized carbons (Fsp3) is 0.381. The summed E-state index contributed by atoms with van der Waals surface area (Å²) in [7, 11) is 1.39. The number of alkyl halides is 3. The van der Waals surface area contributed by atoms with E-state index in [0.29, 0.717) is 5.56 Å². The van der Waals surface area contributed by atoms with Crippen molar-refractivity contribution >= 4 is 11.8 Å². The zero-order valence-electron chi connectivity index (χ0n) is 16.4. The first-order valence-electron chi connectivity index (χ1n) is 9.40. The molecule has 1 saturated heterocycles. The van der Waals surface area contributed by atoms with E-state index in [9.17, 15) is 22.8 Å². The second-order valence-corrected chi connectivity index (χ2v) is 7.15. The Balaban J connectivity index is 1.82. The summed E-state index contributed by atoms with van der Waals surface area (Å²) in [5.74, 6) is -1.86. The summed E-state index contributed by atoms with van der Waals surface area (Å²) in [4.78, 5) is 30.6. The summed E-state index contributed by atoms with van der Waals surface area (Å²) < 4.78 is 44.3. The minimum atomic E-state index is -4.49. The number of likely N-dealkylation sites (tertiary alicyclic amines) is 1. The number of benzene rings is 1. The molecular formula is C21H22F3N3O3. The highest BCUT2D eigenvalue weighted by molar-refractivity contribution is 5.83. The zero-order chi connectivity index (χ0) is 21.7. The van der Waals surface area contributed by atoms with Crippen LogP contribution >= 0.6 is 0 Å². The smallest absolute Gasteiger partial charge is 0.375 e. The molecule has 2 amide bonds. The van der Waals surface area contributed by atoms with Crippen LogP contribution in [0.3, 0.4) is 0 Å². The van der Waals surface area contributed by atoms with Gasteiger partial charge in [0.05, 0.1) is 11.5 Å². The average molecular weight is 421 g/mol. The molecule has 160 valence electrons. The Labute approximate surface area is 172 Å². The molecule has 1 aliphatic rings. The Kier molecular flexibility index (Phi) is 6.71. The van der Waals surface area contributed by atoms with Gasteiger partial charge in [0, 0.05) is 45.1 Å². The number of carbonyl (C=O) groups is 2. The number of nitrogens with one attached hydrogen (secondary N) is 1. The monoisotopic (exact) mass is 421 g/mol. The van der Waals surface area contributed by atoms with Gasteiger partial charge in [0.1, 0.15) is 6.61 Å². The molecule has 0 radical (unpaired) electrons. The van der Waals surface area contributed by atoms with Gasteiger partial charge in [-0.05, 0) is 23.3 Å². The molecule has 1 aliphatic heterocycles. The Morgan fingerprint density at radius 2 is 2.03 bits per heavy atom. The van der Waals surface area contributed by atoms with Gasteiger partial charge in [-0.15, -0.1) is 0 Å². The molecule has 30 heavy (non-hydrogen) atoms. The Morgan fingerprint density at radius 3 is 2.70 bits per heavy atom. The first-order valence-corrected chi connectivity index (χ1v) is 9.40. The van der Waals surface area contributed by atoms with E-state index in [2.05, 4.69) is 10.3 Å². The van der Waals surface area contributed by atoms with Crippen molar-refractivity contribution in [2.75, 3.05) is 26.8 Å². The second-order valence-electron chi connectivity index (χ2n) is 7.15. The molecule has 6 nitrogen and oxygen atoms in total. The van der Waals surface area contributed by atoms with E-state index in [4.69, 9.17) is 4.74 Å². The Hall–Kier alpha value is -2.94. The summed E-state index contributed by atoms with van der Waals surface area (Å²) in [5.41, 5.74) is 0.391. The van der Waals surface area contributed by atoms with Crippen LogP contribution in [0.1, 0.15) is 22.6 Å². The van der Waals surface area contributed by atoms with Gasteiger partial charge in [0.25, 0.3) is 0 Å². The topological polar surface area (TPSA) is 71.5 Å². The highest BCUT2D eigenvalue weighted by atomic mass is 19.4. The van der Waals surface area contributed by atoms with Crippen LogP contribution in [-0.2, 0) is 27.0 Å². The number of pyridine rings is 1. The summed E-state index contributed by atoms with van der Waals surface area (Å²) >= 11 is 0. The Bertz CT molecular complexity index is 890. The number of carbonyl (C=O) groups excluding carboxylic acids is 2. The van der Waals surface area contributed by atoms with Crippen LogP contribution in [0.2, 0.25) is 0 Å². The lowest BCUT2D eigenvalue weighted by molar-refractivity contribution is -0.137. The van der Waals surface area contributed by atoms with Crippen LogP contribution < -0.4 is 5.32 Å². The van der Waals surface area contributed by atoms with Crippen molar-refractivity contribution in [1.29, 1.82) is 0 Å². The minimum Gasteiger partial charge on any atom is -0.375 e. The quantitative estimate of drug-likeness (QED) is 0.779. The van der Waals surface area contributed by atoms with E-state index in [1.807, 2.05) is 0 Å². The van der Waals surface area contributed by atoms with Crippen LogP contribution in [0.5, 0.6) is 0 Å². The molecule has 0 aliphatic carbocycles. The van der Waals surface area contributed by atoms with Crippen LogP contribution in [0, 0.1) is 5.92 Å². The van der Waals surface area contributed by atoms with Crippen molar-refractivity contribution in [3.8, 4) is 0 Å². The second kappa shape index (κ2) is 9.25. The van der Waals surface area contributed by atoms with Gasteiger partial charge in [-0.1, -0.05) is 24.3 Å². The van der Waals surface area contributed by atoms with Crippen LogP contribution in [0.4, 0.5) is 13.2 Å². The summed E-state index contributed by atoms with van der Waals surface area (Å²) in [6.45, 7) is 0.348. The third-order valence-electron chi connectivity index (χ3n) is 5.11. The lowest BCUT2D eigenvalue weighted by Crippen LogP contribution is -2.36. The summed E-state index contributed by atoms with van der Waals surface area (Å²) in [5, 5.41) is 2.81. The molecule has 0 spiro atoms. The van der Waals surface area contributed by atoms with Crippen LogP contribution in [0.15, 0.2) is 48.8 Å². The molecule has 1 N–H and O–H groups in total. The lowest BCUT2D eigenvalue weighted by atomic mass is 9.87. The number of nitrogens with zero attached hydrogens (tertiary/aromatic N) is 2. The van der Waals surface area contributed by atoms with Gasteiger partial charge in [0.2, 0.25) is 11.8 Å². The Morgan fingerprint density at radius 1 is 1.23 bits per heavy atom. The number of methoxy groups -OCH3 is 1. The fourth-order valence-electron chi connectivity index (χ4n) is 3.59. The van der Waals surface area contributed by atoms with E-state index >= 15 is 0 Å². The molecule has 1 fully saturated rings. The number of ether oxygens (including phenoxy) is 1. The number of rotatable bonds is 6. The van der Waals surface area contributed by atoms with Crippen molar-refractivity contribution in [3.63, 3.8) is 0 Å². The van der Waals surface area contributed by atoms with E-state index < -0.39 is 23.6 Å². The first-order chi connectivity index (χ1) is 14.3. The molecule has 1 aromatic heterocycles. The molecule has 0 saturated carbocycles. The van der Waals surface area contributed by atoms with Crippen molar-refractivity contribution in [3.05, 3.63) is 65.5 Å². The van der Waals surface area contributed by atoms with Gasteiger partial charge in [-0.3, -0.25) is 14.6 Å². The molecule has 2 heterocycles. The van der Waals surface area contributed by atoms with Gasteiger partial charge in [-0.2, -0.15) is 13.2 Å². The predicted molar refractivity (Wildman–Crippen MR) is 102 cm³/mol. The van der Waals surface area contributed by atoms with Crippen LogP contribution in [0.25, 0.3) is 0 Å². The predicted octanol–water partition coefficient (Wildman–Crippen LogP) is 2.61. The van der Waals surface area contributed by atoms with E-state index in [-0.39, 0.29) is 38.1 Å².